The van der Waals surface area contributed by atoms with E-state index >= 15 is 0 Å². The van der Waals surface area contributed by atoms with Crippen LogP contribution in [0.15, 0.2) is 0 Å². The highest BCUT2D eigenvalue weighted by Crippen LogP contribution is 2.09. The van der Waals surface area contributed by atoms with Crippen molar-refractivity contribution in [1.29, 1.82) is 10.8 Å². The summed E-state index contributed by atoms with van der Waals surface area (Å²) in [5.74, 6) is -5.75. The number of esters is 1. The molecule has 0 radical (unpaired) electrons. The van der Waals surface area contributed by atoms with Gasteiger partial charge in [-0.15, -0.1) is 0 Å². The highest BCUT2D eigenvalue weighted by Gasteiger charge is 2.31. The van der Waals surface area contributed by atoms with E-state index < -0.39 is 54.3 Å². The Labute approximate surface area is 201 Å². The van der Waals surface area contributed by atoms with Crippen molar-refractivity contribution in [3.05, 3.63) is 0 Å². The van der Waals surface area contributed by atoms with Crippen LogP contribution in [0.3, 0.4) is 0 Å². The minimum Gasteiger partial charge on any atom is -0.481 e. The number of ether oxygens (including phenoxy) is 1. The van der Waals surface area contributed by atoms with Gasteiger partial charge in [0.15, 0.2) is 18.0 Å². The number of amides is 2. The molecule has 16 heteroatoms. The van der Waals surface area contributed by atoms with Crippen LogP contribution in [0.2, 0.25) is 0 Å². The molecule has 0 aliphatic rings. The summed E-state index contributed by atoms with van der Waals surface area (Å²) in [6.45, 7) is 1.58. The Kier molecular flexibility index (Phi) is 14.6. The van der Waals surface area contributed by atoms with Crippen molar-refractivity contribution in [3.8, 4) is 0 Å². The molecule has 0 fully saturated rings. The van der Waals surface area contributed by atoms with Gasteiger partial charge in [-0.1, -0.05) is 0 Å². The van der Waals surface area contributed by atoms with E-state index in [1.807, 2.05) is 0 Å². The van der Waals surface area contributed by atoms with Crippen LogP contribution in [0.5, 0.6) is 0 Å². The van der Waals surface area contributed by atoms with Gasteiger partial charge < -0.3 is 47.7 Å². The van der Waals surface area contributed by atoms with Gasteiger partial charge in [0, 0.05) is 26.4 Å². The second-order valence-electron chi connectivity index (χ2n) is 7.48. The van der Waals surface area contributed by atoms with Crippen LogP contribution in [0.25, 0.3) is 0 Å². The Hall–Kier alpha value is -4.11. The van der Waals surface area contributed by atoms with E-state index in [9.17, 15) is 29.1 Å². The van der Waals surface area contributed by atoms with E-state index in [4.69, 9.17) is 32.1 Å². The molecule has 3 atom stereocenters. The summed E-state index contributed by atoms with van der Waals surface area (Å²) >= 11 is 0. The first-order valence-corrected chi connectivity index (χ1v) is 10.7. The Morgan fingerprint density at radius 1 is 0.857 bits per heavy atom. The summed E-state index contributed by atoms with van der Waals surface area (Å²) in [7, 11) is 0. The molecular weight excluding hydrogens is 468 g/mol. The Morgan fingerprint density at radius 2 is 1.40 bits per heavy atom. The summed E-state index contributed by atoms with van der Waals surface area (Å²) in [5, 5.41) is 42.2. The summed E-state index contributed by atoms with van der Waals surface area (Å²) in [4.78, 5) is 59.3. The maximum atomic E-state index is 12.7. The molecule has 0 aliphatic carbocycles. The fourth-order valence-corrected chi connectivity index (χ4v) is 2.80. The highest BCUT2D eigenvalue weighted by atomic mass is 16.6. The van der Waals surface area contributed by atoms with Crippen molar-refractivity contribution >= 4 is 41.6 Å². The number of nitrogens with one attached hydrogen (secondary N) is 6. The molecule has 0 rings (SSSR count). The number of hydrogen-bond acceptors (Lipinski definition) is 8. The number of aliphatic carboxylic acids is 2. The van der Waals surface area contributed by atoms with Gasteiger partial charge in [0.2, 0.25) is 11.8 Å². The minimum absolute atomic E-state index is 0.104. The lowest BCUT2D eigenvalue weighted by Gasteiger charge is -2.23. The topological polar surface area (TPSA) is 283 Å². The molecule has 0 saturated carbocycles. The molecule has 0 aromatic heterocycles. The van der Waals surface area contributed by atoms with Gasteiger partial charge in [0.05, 0.1) is 0 Å². The van der Waals surface area contributed by atoms with Gasteiger partial charge in [-0.3, -0.25) is 25.2 Å². The molecule has 0 spiro atoms. The molecule has 3 unspecified atom stereocenters. The van der Waals surface area contributed by atoms with Crippen molar-refractivity contribution in [2.24, 2.45) is 11.5 Å². The molecule has 2 amide bonds. The maximum Gasteiger partial charge on any atom is 0.345 e. The zero-order chi connectivity index (χ0) is 27.0. The average molecular weight is 503 g/mol. The van der Waals surface area contributed by atoms with E-state index in [-0.39, 0.29) is 50.7 Å². The standard InChI is InChI=1S/C19H34N8O8/c1-10(28)26-11(4-2-8-24-18(20)21)15(31)27-12(6-7-14(29)30)17(34)35-13(16(32)33)5-3-9-25-19(22)23/h11-13H,2-9H2,1H3,(H,26,28)(H,27,31)(H,29,30)(H,32,33)(H4,20,21,24)(H4,22,23,25). The summed E-state index contributed by atoms with van der Waals surface area (Å²) in [6.07, 6.45) is -1.99. The van der Waals surface area contributed by atoms with Crippen LogP contribution in [-0.2, 0) is 28.7 Å². The lowest BCUT2D eigenvalue weighted by atomic mass is 10.1. The van der Waals surface area contributed by atoms with Crippen LogP contribution < -0.4 is 32.7 Å². The fourth-order valence-electron chi connectivity index (χ4n) is 2.80. The van der Waals surface area contributed by atoms with Gasteiger partial charge in [-0.05, 0) is 32.1 Å². The van der Waals surface area contributed by atoms with Crippen LogP contribution in [-0.4, -0.2) is 83.1 Å². The minimum atomic E-state index is -1.58. The van der Waals surface area contributed by atoms with Crippen LogP contribution in [0.1, 0.15) is 45.4 Å². The number of carboxylic acid groups (broad SMARTS) is 2. The average Bonchev–Trinajstić information content (AvgIpc) is 2.74. The Balaban J connectivity index is 5.29. The first-order valence-electron chi connectivity index (χ1n) is 10.7. The lowest BCUT2D eigenvalue weighted by molar-refractivity contribution is -0.166. The third kappa shape index (κ3) is 15.4. The number of guanidine groups is 2. The third-order valence-electron chi connectivity index (χ3n) is 4.42. The molecule has 12 N–H and O–H groups in total. The fraction of sp³-hybridized carbons (Fsp3) is 0.632. The third-order valence-corrected chi connectivity index (χ3v) is 4.42. The summed E-state index contributed by atoms with van der Waals surface area (Å²) in [5.41, 5.74) is 10.3. The molecular formula is C19H34N8O8. The number of nitrogens with two attached hydrogens (primary N) is 2. The van der Waals surface area contributed by atoms with Gasteiger partial charge in [0.25, 0.3) is 0 Å². The molecule has 0 heterocycles. The highest BCUT2D eigenvalue weighted by molar-refractivity contribution is 5.91. The van der Waals surface area contributed by atoms with Crippen molar-refractivity contribution in [2.45, 2.75) is 63.6 Å². The zero-order valence-electron chi connectivity index (χ0n) is 19.4. The van der Waals surface area contributed by atoms with E-state index in [0.717, 1.165) is 0 Å². The second-order valence-corrected chi connectivity index (χ2v) is 7.48. The van der Waals surface area contributed by atoms with E-state index in [1.165, 1.54) is 6.92 Å². The van der Waals surface area contributed by atoms with Crippen molar-refractivity contribution in [2.75, 3.05) is 13.1 Å². The van der Waals surface area contributed by atoms with E-state index in [1.54, 1.807) is 0 Å². The first-order chi connectivity index (χ1) is 16.3. The monoisotopic (exact) mass is 502 g/mol. The van der Waals surface area contributed by atoms with Gasteiger partial charge in [-0.2, -0.15) is 0 Å². The number of rotatable bonds is 17. The number of carbonyl (C=O) groups excluding carboxylic acids is 3. The van der Waals surface area contributed by atoms with Gasteiger partial charge in [0.1, 0.15) is 12.1 Å². The molecule has 35 heavy (non-hydrogen) atoms. The molecule has 0 aliphatic heterocycles. The largest absolute Gasteiger partial charge is 0.481 e. The molecule has 0 aromatic rings. The van der Waals surface area contributed by atoms with Crippen LogP contribution >= 0.6 is 0 Å². The summed E-state index contributed by atoms with van der Waals surface area (Å²) < 4.78 is 5.01. The Bertz CT molecular complexity index is 791. The van der Waals surface area contributed by atoms with Gasteiger partial charge in [-0.25, -0.2) is 9.59 Å². The number of carboxylic acids is 2. The Morgan fingerprint density at radius 3 is 1.86 bits per heavy atom. The predicted octanol–water partition coefficient (Wildman–Crippen LogP) is -2.64. The van der Waals surface area contributed by atoms with Crippen molar-refractivity contribution < 1.29 is 38.9 Å². The molecule has 16 nitrogen and oxygen atoms in total. The van der Waals surface area contributed by atoms with Gasteiger partial charge >= 0.3 is 17.9 Å². The second kappa shape index (κ2) is 16.5. The maximum absolute atomic E-state index is 12.7. The normalized spacial score (nSPS) is 12.8. The SMILES string of the molecule is CC(=O)NC(CCCNC(=N)N)C(=O)NC(CCC(=O)O)C(=O)OC(CCCNC(=N)N)C(=O)O. The molecule has 0 bridgehead atoms. The molecule has 198 valence electrons. The summed E-state index contributed by atoms with van der Waals surface area (Å²) in [6, 6.07) is -2.57. The van der Waals surface area contributed by atoms with Crippen molar-refractivity contribution in [3.63, 3.8) is 0 Å². The van der Waals surface area contributed by atoms with E-state index in [0.29, 0.717) is 6.42 Å². The van der Waals surface area contributed by atoms with Crippen LogP contribution in [0.4, 0.5) is 0 Å². The number of hydrogen-bond donors (Lipinski definition) is 10. The van der Waals surface area contributed by atoms with E-state index in [2.05, 4.69) is 21.3 Å². The zero-order valence-corrected chi connectivity index (χ0v) is 19.4. The van der Waals surface area contributed by atoms with Crippen molar-refractivity contribution in [1.82, 2.24) is 21.3 Å². The first kappa shape index (κ1) is 30.9. The quantitative estimate of drug-likeness (QED) is 0.0423. The lowest BCUT2D eigenvalue weighted by Crippen LogP contribution is -2.52. The molecule has 0 aromatic carbocycles. The van der Waals surface area contributed by atoms with Crippen LogP contribution in [0, 0.1) is 10.8 Å². The predicted molar refractivity (Wildman–Crippen MR) is 122 cm³/mol. The number of carbonyl (C=O) groups is 5. The molecule has 0 saturated heterocycles. The smallest absolute Gasteiger partial charge is 0.345 e.